The average Bonchev–Trinajstić information content (AvgIpc) is 0.771. The van der Waals surface area contributed by atoms with Gasteiger partial charge in [0, 0.05) is 97.5 Å². The molecule has 0 unspecified atom stereocenters. The number of hydrogen-bond donors (Lipinski definition) is 3. The lowest BCUT2D eigenvalue weighted by Crippen LogP contribution is -2.49. The van der Waals surface area contributed by atoms with Gasteiger partial charge in [0.1, 0.15) is 33.6 Å². The van der Waals surface area contributed by atoms with Gasteiger partial charge in [0.15, 0.2) is 0 Å². The fraction of sp³-hybridized carbons (Fsp3) is 0.745. The second kappa shape index (κ2) is 57.8. The molecule has 0 saturated carbocycles. The van der Waals surface area contributed by atoms with E-state index in [-0.39, 0.29) is 54.0 Å². The Kier molecular flexibility index (Phi) is 51.2. The van der Waals surface area contributed by atoms with Gasteiger partial charge >= 0.3 is 36.7 Å². The summed E-state index contributed by atoms with van der Waals surface area (Å²) in [4.78, 5) is 80.0. The Morgan fingerprint density at radius 3 is 0.912 bits per heavy atom. The number of carbonyl (C=O) groups is 6. The van der Waals surface area contributed by atoms with E-state index in [1.165, 1.54) is 25.7 Å². The van der Waals surface area contributed by atoms with E-state index in [4.69, 9.17) is 57.5 Å². The van der Waals surface area contributed by atoms with Crippen LogP contribution >= 0.6 is 0 Å². The molecule has 3 aromatic rings. The van der Waals surface area contributed by atoms with E-state index in [1.54, 1.807) is 114 Å². The number of rotatable bonds is 21. The number of amides is 4. The Labute approximate surface area is 821 Å². The van der Waals surface area contributed by atoms with Crippen LogP contribution in [0.5, 0.6) is 0 Å². The number of nitrogens with zero attached hydrogens (tertiary/aromatic N) is 8. The van der Waals surface area contributed by atoms with E-state index in [9.17, 15) is 54.0 Å². The number of aryl methyl sites for hydroxylation is 5. The summed E-state index contributed by atoms with van der Waals surface area (Å²) in [6.45, 7) is 54.1. The highest BCUT2D eigenvalue weighted by atomic mass is 32.2. The molecule has 10 rings (SSSR count). The number of nitriles is 2. The van der Waals surface area contributed by atoms with Gasteiger partial charge in [-0.2, -0.15) is 31.7 Å². The molecule has 0 aliphatic carbocycles. The van der Waals surface area contributed by atoms with E-state index < -0.39 is 76.2 Å². The maximum absolute atomic E-state index is 13.3. The van der Waals surface area contributed by atoms with E-state index >= 15 is 0 Å². The van der Waals surface area contributed by atoms with Gasteiger partial charge in [-0.25, -0.2) is 37.2 Å². The lowest BCUT2D eigenvalue weighted by atomic mass is 9.90. The number of carbonyl (C=O) groups excluding carboxylic acids is 6. The van der Waals surface area contributed by atoms with Gasteiger partial charge in [-0.05, 0) is 385 Å². The zero-order valence-corrected chi connectivity index (χ0v) is 89.3. The maximum Gasteiger partial charge on any atom is 0.519 e. The summed E-state index contributed by atoms with van der Waals surface area (Å²) in [6, 6.07) is 22.1. The fourth-order valence-corrected chi connectivity index (χ4v) is 20.3. The van der Waals surface area contributed by atoms with Crippen molar-refractivity contribution in [3.05, 3.63) is 88.5 Å². The minimum absolute atomic E-state index is 0.160. The zero-order chi connectivity index (χ0) is 103. The van der Waals surface area contributed by atoms with Crippen LogP contribution in [0.2, 0.25) is 0 Å². The van der Waals surface area contributed by atoms with Crippen LogP contribution in [0.4, 0.5) is 28.8 Å². The molecule has 137 heavy (non-hydrogen) atoms. The van der Waals surface area contributed by atoms with Crippen molar-refractivity contribution in [3.8, 4) is 12.1 Å². The number of hydrogen-bond acceptors (Lipinski definition) is 27. The van der Waals surface area contributed by atoms with Crippen LogP contribution in [0.3, 0.4) is 0 Å². The number of sulfonamides is 1. The molecule has 778 valence electrons. The number of ether oxygens (including phenoxy) is 7. The summed E-state index contributed by atoms with van der Waals surface area (Å²) >= 11 is 0. The molecule has 4 amide bonds. The molecule has 7 heterocycles. The van der Waals surface area contributed by atoms with Crippen molar-refractivity contribution in [2.24, 2.45) is 35.5 Å². The van der Waals surface area contributed by atoms with Crippen LogP contribution in [0.15, 0.2) is 75.4 Å². The van der Waals surface area contributed by atoms with Crippen LogP contribution in [0.25, 0.3) is 0 Å². The van der Waals surface area contributed by atoms with Crippen molar-refractivity contribution in [2.75, 3.05) is 118 Å². The fourth-order valence-electron chi connectivity index (χ4n) is 16.6. The third-order valence-electron chi connectivity index (χ3n) is 23.8. The highest BCUT2D eigenvalue weighted by Crippen LogP contribution is 2.34. The van der Waals surface area contributed by atoms with Crippen molar-refractivity contribution in [2.45, 2.75) is 355 Å². The Hall–Kier alpha value is -7.97. The average molecular weight is 1990 g/mol. The normalized spacial score (nSPS) is 17.7. The first-order valence-corrected chi connectivity index (χ1v) is 53.4. The van der Waals surface area contributed by atoms with Crippen LogP contribution in [0, 0.1) is 92.8 Å². The van der Waals surface area contributed by atoms with Crippen molar-refractivity contribution in [3.63, 3.8) is 0 Å². The number of likely N-dealkylation sites (tertiary alicyclic amines) is 5. The molecule has 7 aliphatic rings. The topological polar surface area (TPSA) is 407 Å². The lowest BCUT2D eigenvalue weighted by Gasteiger charge is -2.41. The molecular formula is C102H169N9O23S3. The third kappa shape index (κ3) is 49.8. The summed E-state index contributed by atoms with van der Waals surface area (Å²) in [5.41, 5.74) is 1.58. The number of aliphatic hydroxyl groups is 2. The molecule has 35 heteroatoms. The number of nitrogens with one attached hydrogen (secondary N) is 1. The zero-order valence-electron chi connectivity index (χ0n) is 86.9. The molecule has 7 aliphatic heterocycles. The van der Waals surface area contributed by atoms with Crippen molar-refractivity contribution >= 4 is 66.9 Å². The Morgan fingerprint density at radius 2 is 0.635 bits per heavy atom. The van der Waals surface area contributed by atoms with Crippen molar-refractivity contribution in [1.29, 1.82) is 10.5 Å². The van der Waals surface area contributed by atoms with Crippen molar-refractivity contribution in [1.82, 2.24) is 34.1 Å². The van der Waals surface area contributed by atoms with Crippen LogP contribution in [0.1, 0.15) is 294 Å². The molecule has 0 radical (unpaired) electrons. The van der Waals surface area contributed by atoms with E-state index in [0.29, 0.717) is 112 Å². The van der Waals surface area contributed by atoms with Gasteiger partial charge in [0.25, 0.3) is 20.2 Å². The smallest absolute Gasteiger partial charge is 0.444 e. The predicted molar refractivity (Wildman–Crippen MR) is 529 cm³/mol. The van der Waals surface area contributed by atoms with E-state index in [1.807, 2.05) is 130 Å². The molecule has 3 aromatic carbocycles. The minimum Gasteiger partial charge on any atom is -0.444 e. The van der Waals surface area contributed by atoms with Gasteiger partial charge in [0.05, 0.1) is 40.0 Å². The number of benzene rings is 3. The number of piperidine rings is 7. The summed E-state index contributed by atoms with van der Waals surface area (Å²) in [6.07, 6.45) is 17.2. The second-order valence-electron chi connectivity index (χ2n) is 42.9. The molecular weight excluding hydrogens is 1820 g/mol. The summed E-state index contributed by atoms with van der Waals surface area (Å²) in [5.74, 6) is 3.32. The molecule has 7 saturated heterocycles. The lowest BCUT2D eigenvalue weighted by molar-refractivity contribution is -0.0296. The number of aliphatic hydroxyl groups excluding tert-OH is 2. The first-order valence-electron chi connectivity index (χ1n) is 49.2. The summed E-state index contributed by atoms with van der Waals surface area (Å²) < 4.78 is 122. The quantitative estimate of drug-likeness (QED) is 0.0386. The Balaban J connectivity index is 0.000000342. The van der Waals surface area contributed by atoms with E-state index in [0.717, 1.165) is 176 Å². The Morgan fingerprint density at radius 1 is 0.365 bits per heavy atom. The predicted octanol–water partition coefficient (Wildman–Crippen LogP) is 19.5. The summed E-state index contributed by atoms with van der Waals surface area (Å²) in [5, 5.41) is 38.0. The second-order valence-corrected chi connectivity index (χ2v) is 48.0. The molecule has 0 bridgehead atoms. The molecule has 0 spiro atoms. The highest BCUT2D eigenvalue weighted by molar-refractivity contribution is 7.89. The minimum atomic E-state index is -3.71. The third-order valence-corrected chi connectivity index (χ3v) is 28.7. The molecule has 32 nitrogen and oxygen atoms in total. The monoisotopic (exact) mass is 1980 g/mol. The van der Waals surface area contributed by atoms with Crippen LogP contribution in [-0.2, 0) is 71.8 Å². The molecule has 7 fully saturated rings. The van der Waals surface area contributed by atoms with Crippen molar-refractivity contribution < 1.29 is 106 Å². The van der Waals surface area contributed by atoms with Gasteiger partial charge in [0.2, 0.25) is 10.0 Å². The van der Waals surface area contributed by atoms with Crippen LogP contribution in [-0.4, -0.2) is 259 Å². The first-order chi connectivity index (χ1) is 63.7. The highest BCUT2D eigenvalue weighted by Gasteiger charge is 2.37. The maximum atomic E-state index is 13.3. The van der Waals surface area contributed by atoms with E-state index in [2.05, 4.69) is 27.1 Å². The van der Waals surface area contributed by atoms with Gasteiger partial charge in [-0.15, -0.1) is 0 Å². The largest absolute Gasteiger partial charge is 0.519 e. The van der Waals surface area contributed by atoms with Gasteiger partial charge < -0.3 is 73.2 Å². The van der Waals surface area contributed by atoms with Gasteiger partial charge in [-0.3, -0.25) is 8.37 Å². The first kappa shape index (κ1) is 121. The standard InChI is InChI=1S/C22H33N3O2S.2C19H29NO5S.C13H22N2O2.C12H23NO3.C10H18O5.C7H15NO/c1-17-15-18(2)22(19(3)16-17)28(26,27)25-13-8-21(9-14-25)24-11-6-20(7-12-24)5-4-10-23;2*1-15-5-7-17(8-6-15)26(22,23)24-14-11-16-9-12-20(13-10-16)18(21)25-19(2,3)4;1-13(2,3)17-12(16)15-9-6-11(7-10-15)5-4-8-14;1-12(2,3)16-11(15)13-7-4-10(5-8-13)6-9-14;1-9(2,3)14-7(11)13-8(12)15-10(4,5)6;9-6-3-7-1-4-8-5-2-7/h15-16,20-21H,4-9,11-14H2,1-3H3;2*5-8,16H,9-14H2,1-4H3;11H,4-7,9-10H2,1-3H3;10,14H,4-9H2,1-3H3;1-6H3;7-9H,1-6H2. The SMILES string of the molecule is CC(C)(C)OC(=O)N1CCC(CCC#N)CC1.CC(C)(C)OC(=O)N1CCC(CCO)CC1.CC(C)(C)OC(=O)OC(=O)OC(C)(C)C.Cc1cc(C)c(S(=O)(=O)N2CCC(N3CCC(CCC#N)CC3)CC2)c(C)c1.Cc1ccc(S(=O)(=O)OCCC2CCN(C(=O)OC(C)(C)C)CC2)cc1.Cc1ccc(S(=O)(=O)OCCC2CCN(C(=O)OC(C)(C)C)CC2)cc1.OCCC1CCNCC1. The van der Waals surface area contributed by atoms with Crippen LogP contribution < -0.4 is 5.32 Å². The Bertz CT molecular complexity index is 4390. The molecule has 3 N–H and O–H groups in total. The van der Waals surface area contributed by atoms with Gasteiger partial charge in [-0.1, -0.05) is 53.1 Å². The summed E-state index contributed by atoms with van der Waals surface area (Å²) in [7, 11) is -10.8. The molecule has 0 aromatic heterocycles. The molecule has 0 atom stereocenters.